The van der Waals surface area contributed by atoms with Crippen LogP contribution in [0.15, 0.2) is 24.3 Å². The van der Waals surface area contributed by atoms with Gasteiger partial charge in [-0.2, -0.15) is 0 Å². The number of rotatable bonds is 4. The first-order valence-corrected chi connectivity index (χ1v) is 5.26. The van der Waals surface area contributed by atoms with Gasteiger partial charge in [0.15, 0.2) is 6.10 Å². The molecule has 0 aliphatic heterocycles. The zero-order valence-corrected chi connectivity index (χ0v) is 10.2. The molecule has 1 aromatic rings. The second-order valence-corrected chi connectivity index (χ2v) is 4.40. The Balaban J connectivity index is 3.11. The van der Waals surface area contributed by atoms with Crippen molar-refractivity contribution in [3.63, 3.8) is 0 Å². The average Bonchev–Trinajstić information content (AvgIpc) is 2.29. The van der Waals surface area contributed by atoms with E-state index in [1.165, 1.54) is 7.11 Å². The van der Waals surface area contributed by atoms with Crippen molar-refractivity contribution in [1.82, 2.24) is 0 Å². The Morgan fingerprint density at radius 1 is 1.41 bits per heavy atom. The van der Waals surface area contributed by atoms with Crippen LogP contribution in [0.5, 0.6) is 0 Å². The molecule has 1 rings (SSSR count). The molecule has 0 fully saturated rings. The first-order valence-electron chi connectivity index (χ1n) is 5.26. The van der Waals surface area contributed by atoms with Crippen LogP contribution < -0.4 is 0 Å². The standard InChI is InChI=1S/C14H16O3/c1-5-10-6-8-11(9-7-10)14(2,3)12(17-4)13(15)16/h1,6-9,12H,2-4H3,(H,15,16). The monoisotopic (exact) mass is 232 g/mol. The molecule has 0 aromatic heterocycles. The van der Waals surface area contributed by atoms with Crippen molar-refractivity contribution in [1.29, 1.82) is 0 Å². The molecule has 1 unspecified atom stereocenters. The summed E-state index contributed by atoms with van der Waals surface area (Å²) in [4.78, 5) is 11.1. The number of aliphatic carboxylic acids is 1. The second kappa shape index (κ2) is 5.03. The lowest BCUT2D eigenvalue weighted by atomic mass is 9.79. The largest absolute Gasteiger partial charge is 0.479 e. The Kier molecular flexibility index (Phi) is 3.93. The van der Waals surface area contributed by atoms with E-state index in [4.69, 9.17) is 16.3 Å². The highest BCUT2D eigenvalue weighted by Gasteiger charge is 2.36. The van der Waals surface area contributed by atoms with Gasteiger partial charge in [-0.1, -0.05) is 31.9 Å². The van der Waals surface area contributed by atoms with Crippen molar-refractivity contribution in [2.45, 2.75) is 25.4 Å². The van der Waals surface area contributed by atoms with Gasteiger partial charge in [-0.25, -0.2) is 4.79 Å². The van der Waals surface area contributed by atoms with E-state index in [1.807, 2.05) is 26.0 Å². The Hall–Kier alpha value is -1.79. The van der Waals surface area contributed by atoms with Gasteiger partial charge in [0.1, 0.15) is 0 Å². The number of carboxylic acid groups (broad SMARTS) is 1. The molecule has 0 saturated carbocycles. The number of benzene rings is 1. The predicted octanol–water partition coefficient (Wildman–Crippen LogP) is 2.05. The van der Waals surface area contributed by atoms with Crippen molar-refractivity contribution < 1.29 is 14.6 Å². The number of methoxy groups -OCH3 is 1. The lowest BCUT2D eigenvalue weighted by Gasteiger charge is -2.30. The molecule has 0 amide bonds. The highest BCUT2D eigenvalue weighted by molar-refractivity contribution is 5.74. The topological polar surface area (TPSA) is 46.5 Å². The van der Waals surface area contributed by atoms with Crippen molar-refractivity contribution in [3.8, 4) is 12.3 Å². The Morgan fingerprint density at radius 3 is 2.29 bits per heavy atom. The SMILES string of the molecule is C#Cc1ccc(C(C)(C)C(OC)C(=O)O)cc1. The van der Waals surface area contributed by atoms with E-state index < -0.39 is 17.5 Å². The number of carboxylic acids is 1. The molecule has 1 aromatic carbocycles. The van der Waals surface area contributed by atoms with Crippen molar-refractivity contribution in [3.05, 3.63) is 35.4 Å². The minimum absolute atomic E-state index is 0.617. The molecule has 0 saturated heterocycles. The first kappa shape index (κ1) is 13.3. The van der Waals surface area contributed by atoms with Gasteiger partial charge in [-0.15, -0.1) is 6.42 Å². The summed E-state index contributed by atoms with van der Waals surface area (Å²) in [6.07, 6.45) is 4.38. The zero-order chi connectivity index (χ0) is 13.1. The molecule has 1 atom stereocenters. The predicted molar refractivity (Wildman–Crippen MR) is 65.8 cm³/mol. The van der Waals surface area contributed by atoms with Crippen LogP contribution in [-0.2, 0) is 14.9 Å². The van der Waals surface area contributed by atoms with Crippen LogP contribution in [-0.4, -0.2) is 24.3 Å². The van der Waals surface area contributed by atoms with Gasteiger partial charge in [-0.05, 0) is 17.7 Å². The highest BCUT2D eigenvalue weighted by atomic mass is 16.5. The molecule has 0 aliphatic carbocycles. The van der Waals surface area contributed by atoms with Gasteiger partial charge in [-0.3, -0.25) is 0 Å². The molecule has 0 heterocycles. The maximum atomic E-state index is 11.1. The summed E-state index contributed by atoms with van der Waals surface area (Å²) in [5.41, 5.74) is 1.04. The van der Waals surface area contributed by atoms with Crippen LogP contribution in [0.1, 0.15) is 25.0 Å². The molecule has 90 valence electrons. The maximum Gasteiger partial charge on any atom is 0.333 e. The molecule has 3 nitrogen and oxygen atoms in total. The van der Waals surface area contributed by atoms with E-state index in [1.54, 1.807) is 12.1 Å². The minimum Gasteiger partial charge on any atom is -0.479 e. The van der Waals surface area contributed by atoms with Crippen molar-refractivity contribution in [2.75, 3.05) is 7.11 Å². The van der Waals surface area contributed by atoms with Gasteiger partial charge < -0.3 is 9.84 Å². The normalized spacial score (nSPS) is 12.8. The average molecular weight is 232 g/mol. The Morgan fingerprint density at radius 2 is 1.94 bits per heavy atom. The fourth-order valence-electron chi connectivity index (χ4n) is 1.85. The van der Waals surface area contributed by atoms with Crippen molar-refractivity contribution in [2.24, 2.45) is 0 Å². The van der Waals surface area contributed by atoms with Gasteiger partial charge in [0, 0.05) is 18.1 Å². The van der Waals surface area contributed by atoms with E-state index in [-0.39, 0.29) is 0 Å². The maximum absolute atomic E-state index is 11.1. The summed E-state index contributed by atoms with van der Waals surface area (Å²) in [7, 11) is 1.40. The van der Waals surface area contributed by atoms with Crippen LogP contribution >= 0.6 is 0 Å². The molecular formula is C14H16O3. The molecule has 17 heavy (non-hydrogen) atoms. The van der Waals surface area contributed by atoms with Gasteiger partial charge in [0.25, 0.3) is 0 Å². The summed E-state index contributed by atoms with van der Waals surface area (Å²) in [5.74, 6) is 1.55. The molecule has 1 N–H and O–H groups in total. The lowest BCUT2D eigenvalue weighted by Crippen LogP contribution is -2.41. The molecule has 0 aliphatic rings. The third-order valence-corrected chi connectivity index (χ3v) is 2.91. The van der Waals surface area contributed by atoms with Gasteiger partial charge in [0.2, 0.25) is 0 Å². The Bertz CT molecular complexity index is 438. The summed E-state index contributed by atoms with van der Waals surface area (Å²) in [6, 6.07) is 7.27. The third-order valence-electron chi connectivity index (χ3n) is 2.91. The zero-order valence-electron chi connectivity index (χ0n) is 10.2. The fourth-order valence-corrected chi connectivity index (χ4v) is 1.85. The third kappa shape index (κ3) is 2.66. The van der Waals surface area contributed by atoms with Gasteiger partial charge >= 0.3 is 5.97 Å². The summed E-state index contributed by atoms with van der Waals surface area (Å²) < 4.78 is 5.05. The first-order chi connectivity index (χ1) is 7.93. The van der Waals surface area contributed by atoms with Crippen LogP contribution in [0, 0.1) is 12.3 Å². The molecule has 0 radical (unpaired) electrons. The van der Waals surface area contributed by atoms with E-state index in [2.05, 4.69) is 5.92 Å². The minimum atomic E-state index is -0.974. The Labute approximate surface area is 101 Å². The van der Waals surface area contributed by atoms with Crippen molar-refractivity contribution >= 4 is 5.97 Å². The van der Waals surface area contributed by atoms with Crippen LogP contribution in [0.2, 0.25) is 0 Å². The smallest absolute Gasteiger partial charge is 0.333 e. The van der Waals surface area contributed by atoms with Crippen LogP contribution in [0.3, 0.4) is 0 Å². The van der Waals surface area contributed by atoms with E-state index in [0.29, 0.717) is 0 Å². The number of terminal acetylenes is 1. The number of hydrogen-bond acceptors (Lipinski definition) is 2. The summed E-state index contributed by atoms with van der Waals surface area (Å²) in [5, 5.41) is 9.11. The van der Waals surface area contributed by atoms with Crippen LogP contribution in [0.25, 0.3) is 0 Å². The van der Waals surface area contributed by atoms with Crippen LogP contribution in [0.4, 0.5) is 0 Å². The number of hydrogen-bond donors (Lipinski definition) is 1. The quantitative estimate of drug-likeness (QED) is 0.808. The summed E-state index contributed by atoms with van der Waals surface area (Å²) in [6.45, 7) is 3.67. The van der Waals surface area contributed by atoms with Gasteiger partial charge in [0.05, 0.1) is 0 Å². The molecule has 3 heteroatoms. The highest BCUT2D eigenvalue weighted by Crippen LogP contribution is 2.29. The summed E-state index contributed by atoms with van der Waals surface area (Å²) >= 11 is 0. The molecule has 0 bridgehead atoms. The van der Waals surface area contributed by atoms with E-state index in [9.17, 15) is 4.79 Å². The van der Waals surface area contributed by atoms with E-state index >= 15 is 0 Å². The lowest BCUT2D eigenvalue weighted by molar-refractivity contribution is -0.152. The second-order valence-electron chi connectivity index (χ2n) is 4.40. The number of carbonyl (C=O) groups is 1. The fraction of sp³-hybridized carbons (Fsp3) is 0.357. The molecular weight excluding hydrogens is 216 g/mol. The van der Waals surface area contributed by atoms with E-state index in [0.717, 1.165) is 11.1 Å². The number of ether oxygens (including phenoxy) is 1. The molecule has 0 spiro atoms.